The van der Waals surface area contributed by atoms with Gasteiger partial charge in [-0.2, -0.15) is 0 Å². The van der Waals surface area contributed by atoms with Gasteiger partial charge in [0.1, 0.15) is 5.75 Å². The number of halogens is 1. The number of piperazine rings is 1. The summed E-state index contributed by atoms with van der Waals surface area (Å²) in [6.07, 6.45) is 0.335. The molecule has 2 rings (SSSR count). The minimum atomic E-state index is -0.220. The van der Waals surface area contributed by atoms with Gasteiger partial charge in [-0.05, 0) is 24.3 Å². The average molecular weight is 462 g/mol. The van der Waals surface area contributed by atoms with E-state index in [-0.39, 0.29) is 29.9 Å². The van der Waals surface area contributed by atoms with Crippen molar-refractivity contribution in [3.63, 3.8) is 0 Å². The largest absolute Gasteiger partial charge is 0.497 e. The highest BCUT2D eigenvalue weighted by Gasteiger charge is 2.19. The van der Waals surface area contributed by atoms with Crippen molar-refractivity contribution in [3.8, 4) is 5.75 Å². The summed E-state index contributed by atoms with van der Waals surface area (Å²) >= 11 is 0. The van der Waals surface area contributed by atoms with E-state index < -0.39 is 0 Å². The second kappa shape index (κ2) is 11.0. The Bertz CT molecular complexity index is 558. The fourth-order valence-electron chi connectivity index (χ4n) is 2.68. The summed E-state index contributed by atoms with van der Waals surface area (Å²) < 4.78 is 9.84. The van der Waals surface area contributed by atoms with Crippen molar-refractivity contribution in [3.05, 3.63) is 24.3 Å². The summed E-state index contributed by atoms with van der Waals surface area (Å²) in [5, 5.41) is 3.21. The zero-order valence-electron chi connectivity index (χ0n) is 15.0. The van der Waals surface area contributed by atoms with Crippen molar-refractivity contribution >= 4 is 41.6 Å². The normalized spacial score (nSPS) is 14.6. The number of ether oxygens (including phenoxy) is 2. The van der Waals surface area contributed by atoms with Gasteiger partial charge in [-0.1, -0.05) is 0 Å². The number of benzene rings is 1. The molecule has 140 valence electrons. The molecule has 0 amide bonds. The zero-order valence-corrected chi connectivity index (χ0v) is 17.4. The van der Waals surface area contributed by atoms with Crippen LogP contribution in [0.4, 0.5) is 5.69 Å². The quantitative estimate of drug-likeness (QED) is 0.310. The average Bonchev–Trinajstić information content (AvgIpc) is 2.65. The van der Waals surface area contributed by atoms with Crippen LogP contribution in [-0.2, 0) is 9.53 Å². The van der Waals surface area contributed by atoms with E-state index in [1.165, 1.54) is 12.8 Å². The summed E-state index contributed by atoms with van der Waals surface area (Å²) in [7, 11) is 4.83. The Morgan fingerprint density at radius 3 is 2.32 bits per heavy atom. The monoisotopic (exact) mass is 462 g/mol. The molecule has 1 N–H and O–H groups in total. The van der Waals surface area contributed by atoms with Crippen LogP contribution >= 0.6 is 24.0 Å². The third-order valence-electron chi connectivity index (χ3n) is 4.07. The lowest BCUT2D eigenvalue weighted by molar-refractivity contribution is -0.140. The summed E-state index contributed by atoms with van der Waals surface area (Å²) in [6.45, 7) is 4.12. The third kappa shape index (κ3) is 6.26. The maximum atomic E-state index is 11.2. The van der Waals surface area contributed by atoms with Gasteiger partial charge in [0.15, 0.2) is 5.96 Å². The van der Waals surface area contributed by atoms with Crippen LogP contribution in [0, 0.1) is 0 Å². The maximum absolute atomic E-state index is 11.2. The van der Waals surface area contributed by atoms with Gasteiger partial charge in [0.25, 0.3) is 0 Å². The van der Waals surface area contributed by atoms with E-state index >= 15 is 0 Å². The molecule has 1 saturated heterocycles. The number of nitrogens with zero attached hydrogens (tertiary/aromatic N) is 3. The molecule has 1 fully saturated rings. The van der Waals surface area contributed by atoms with Crippen molar-refractivity contribution in [2.75, 3.05) is 58.9 Å². The molecule has 25 heavy (non-hydrogen) atoms. The molecule has 8 heteroatoms. The molecule has 0 aromatic heterocycles. The number of nitrogens with one attached hydrogen (secondary N) is 1. The van der Waals surface area contributed by atoms with Gasteiger partial charge in [-0.25, -0.2) is 0 Å². The van der Waals surface area contributed by atoms with Crippen molar-refractivity contribution in [2.24, 2.45) is 4.99 Å². The number of aliphatic imine (C=N–C) groups is 1. The number of hydrogen-bond acceptors (Lipinski definition) is 5. The number of rotatable bonds is 5. The Labute approximate surface area is 166 Å². The fourth-order valence-corrected chi connectivity index (χ4v) is 2.68. The highest BCUT2D eigenvalue weighted by atomic mass is 127. The number of carbonyl (C=O) groups excluding carboxylic acids is 1. The van der Waals surface area contributed by atoms with Gasteiger partial charge in [0.05, 0.1) is 20.6 Å². The Kier molecular flexibility index (Phi) is 9.40. The molecule has 0 spiro atoms. The second-order valence-electron chi connectivity index (χ2n) is 5.47. The first-order valence-corrected chi connectivity index (χ1v) is 8.09. The first-order valence-electron chi connectivity index (χ1n) is 8.09. The van der Waals surface area contributed by atoms with Crippen LogP contribution in [0.25, 0.3) is 0 Å². The minimum absolute atomic E-state index is 0. The molecule has 1 aliphatic heterocycles. The molecule has 0 radical (unpaired) electrons. The SMILES string of the molecule is CN=C(NCCC(=O)OC)N1CCN(c2ccc(OC)cc2)CC1.I. The van der Waals surface area contributed by atoms with Gasteiger partial charge < -0.3 is 24.6 Å². The number of carbonyl (C=O) groups is 1. The van der Waals surface area contributed by atoms with Crippen molar-refractivity contribution in [1.82, 2.24) is 10.2 Å². The van der Waals surface area contributed by atoms with Crippen molar-refractivity contribution < 1.29 is 14.3 Å². The molecule has 0 atom stereocenters. The number of anilines is 1. The van der Waals surface area contributed by atoms with E-state index in [4.69, 9.17) is 4.74 Å². The smallest absolute Gasteiger partial charge is 0.307 e. The summed E-state index contributed by atoms with van der Waals surface area (Å²) in [4.78, 5) is 20.0. The predicted octanol–water partition coefficient (Wildman–Crippen LogP) is 1.57. The topological polar surface area (TPSA) is 66.4 Å². The molecule has 0 saturated carbocycles. The third-order valence-corrected chi connectivity index (χ3v) is 4.07. The van der Waals surface area contributed by atoms with Crippen LogP contribution in [0.1, 0.15) is 6.42 Å². The molecular formula is C17H27IN4O3. The van der Waals surface area contributed by atoms with E-state index in [0.717, 1.165) is 37.9 Å². The summed E-state index contributed by atoms with van der Waals surface area (Å²) in [5.74, 6) is 1.48. The standard InChI is InChI=1S/C17H26N4O3.HI/c1-18-17(19-9-8-16(22)24-3)21-12-10-20(11-13-21)14-4-6-15(23-2)7-5-14;/h4-7H,8-13H2,1-3H3,(H,18,19);1H. The van der Waals surface area contributed by atoms with Gasteiger partial charge in [0, 0.05) is 45.5 Å². The molecule has 1 aromatic carbocycles. The van der Waals surface area contributed by atoms with Gasteiger partial charge in [-0.3, -0.25) is 9.79 Å². The van der Waals surface area contributed by atoms with Crippen molar-refractivity contribution in [1.29, 1.82) is 0 Å². The Hall–Kier alpha value is -1.71. The molecule has 1 heterocycles. The second-order valence-corrected chi connectivity index (χ2v) is 5.47. The summed E-state index contributed by atoms with van der Waals surface area (Å²) in [6, 6.07) is 8.12. The van der Waals surface area contributed by atoms with Gasteiger partial charge in [-0.15, -0.1) is 24.0 Å². The molecule has 7 nitrogen and oxygen atoms in total. The van der Waals surface area contributed by atoms with Crippen LogP contribution in [0.15, 0.2) is 29.3 Å². The van der Waals surface area contributed by atoms with Gasteiger partial charge in [0.2, 0.25) is 0 Å². The Balaban J connectivity index is 0.00000312. The van der Waals surface area contributed by atoms with Crippen LogP contribution < -0.4 is 15.0 Å². The first-order chi connectivity index (χ1) is 11.7. The maximum Gasteiger partial charge on any atom is 0.307 e. The van der Waals surface area contributed by atoms with Crippen molar-refractivity contribution in [2.45, 2.75) is 6.42 Å². The van der Waals surface area contributed by atoms with Crippen LogP contribution in [0.2, 0.25) is 0 Å². The van der Waals surface area contributed by atoms with Crippen LogP contribution in [0.5, 0.6) is 5.75 Å². The Morgan fingerprint density at radius 2 is 1.80 bits per heavy atom. The zero-order chi connectivity index (χ0) is 17.4. The molecule has 1 aliphatic rings. The van der Waals surface area contributed by atoms with Crippen LogP contribution in [0.3, 0.4) is 0 Å². The van der Waals surface area contributed by atoms with E-state index in [9.17, 15) is 4.79 Å². The lowest BCUT2D eigenvalue weighted by atomic mass is 10.2. The number of hydrogen-bond donors (Lipinski definition) is 1. The number of methoxy groups -OCH3 is 2. The first kappa shape index (κ1) is 21.3. The molecule has 1 aromatic rings. The molecule has 0 bridgehead atoms. The molecule has 0 aliphatic carbocycles. The number of esters is 1. The van der Waals surface area contributed by atoms with Gasteiger partial charge >= 0.3 is 5.97 Å². The van der Waals surface area contributed by atoms with E-state index in [1.807, 2.05) is 12.1 Å². The highest BCUT2D eigenvalue weighted by Crippen LogP contribution is 2.20. The number of guanidine groups is 1. The fraction of sp³-hybridized carbons (Fsp3) is 0.529. The predicted molar refractivity (Wildman–Crippen MR) is 110 cm³/mol. The van der Waals surface area contributed by atoms with E-state index in [1.54, 1.807) is 14.2 Å². The van der Waals surface area contributed by atoms with E-state index in [0.29, 0.717) is 13.0 Å². The van der Waals surface area contributed by atoms with E-state index in [2.05, 4.69) is 37.0 Å². The molecule has 0 unspecified atom stereocenters. The minimum Gasteiger partial charge on any atom is -0.497 e. The lowest BCUT2D eigenvalue weighted by Crippen LogP contribution is -2.52. The highest BCUT2D eigenvalue weighted by molar-refractivity contribution is 14.0. The Morgan fingerprint density at radius 1 is 1.16 bits per heavy atom. The molecular weight excluding hydrogens is 435 g/mol. The lowest BCUT2D eigenvalue weighted by Gasteiger charge is -2.37. The van der Waals surface area contributed by atoms with Crippen LogP contribution in [-0.4, -0.2) is 70.8 Å². The summed E-state index contributed by atoms with van der Waals surface area (Å²) in [5.41, 5.74) is 1.20.